The van der Waals surface area contributed by atoms with E-state index in [9.17, 15) is 0 Å². The first-order valence-electron chi connectivity index (χ1n) is 9.33. The smallest absolute Gasteiger partial charge is 0.0105 e. The molecule has 1 heterocycles. The Morgan fingerprint density at radius 2 is 1.67 bits per heavy atom. The van der Waals surface area contributed by atoms with Gasteiger partial charge >= 0.3 is 0 Å². The van der Waals surface area contributed by atoms with Crippen molar-refractivity contribution < 1.29 is 0 Å². The molecule has 2 nitrogen and oxygen atoms in total. The fourth-order valence-corrected chi connectivity index (χ4v) is 4.81. The van der Waals surface area contributed by atoms with Crippen molar-refractivity contribution in [3.05, 3.63) is 0 Å². The van der Waals surface area contributed by atoms with Crippen molar-refractivity contribution >= 4 is 0 Å². The number of likely N-dealkylation sites (tertiary alicyclic amines) is 1. The molecule has 0 aromatic carbocycles. The van der Waals surface area contributed by atoms with Gasteiger partial charge in [-0.3, -0.25) is 0 Å². The Morgan fingerprint density at radius 1 is 1.05 bits per heavy atom. The van der Waals surface area contributed by atoms with Crippen LogP contribution in [0.25, 0.3) is 0 Å². The summed E-state index contributed by atoms with van der Waals surface area (Å²) in [6.07, 6.45) is 9.70. The minimum atomic E-state index is 0.546. The molecular weight excluding hydrogens is 256 g/mol. The molecule has 1 N–H and O–H groups in total. The first-order valence-corrected chi connectivity index (χ1v) is 9.33. The van der Waals surface area contributed by atoms with E-state index >= 15 is 0 Å². The monoisotopic (exact) mass is 294 g/mol. The Labute approximate surface area is 133 Å². The SMILES string of the molecule is CCC1(CC)CCN(CC2CC(C)(C)CCC2NC)CC1. The van der Waals surface area contributed by atoms with Gasteiger partial charge in [0, 0.05) is 12.6 Å². The third-order valence-electron chi connectivity index (χ3n) is 6.80. The Morgan fingerprint density at radius 3 is 2.19 bits per heavy atom. The van der Waals surface area contributed by atoms with Crippen molar-refractivity contribution in [1.29, 1.82) is 0 Å². The normalized spacial score (nSPS) is 33.0. The highest BCUT2D eigenvalue weighted by Crippen LogP contribution is 2.41. The third kappa shape index (κ3) is 4.22. The van der Waals surface area contributed by atoms with Gasteiger partial charge in [0.25, 0.3) is 0 Å². The van der Waals surface area contributed by atoms with Crippen molar-refractivity contribution in [1.82, 2.24) is 10.2 Å². The van der Waals surface area contributed by atoms with Gasteiger partial charge in [-0.25, -0.2) is 0 Å². The second-order valence-electron chi connectivity index (χ2n) is 8.57. The molecule has 1 aliphatic heterocycles. The van der Waals surface area contributed by atoms with Gasteiger partial charge in [0.2, 0.25) is 0 Å². The lowest BCUT2D eigenvalue weighted by Gasteiger charge is -2.46. The predicted octanol–water partition coefficient (Wildman–Crippen LogP) is 4.30. The van der Waals surface area contributed by atoms with Crippen LogP contribution in [0, 0.1) is 16.7 Å². The highest BCUT2D eigenvalue weighted by molar-refractivity contribution is 4.91. The van der Waals surface area contributed by atoms with Crippen molar-refractivity contribution in [2.75, 3.05) is 26.7 Å². The van der Waals surface area contributed by atoms with Gasteiger partial charge in [-0.1, -0.05) is 40.5 Å². The maximum atomic E-state index is 3.59. The lowest BCUT2D eigenvalue weighted by molar-refractivity contribution is 0.0545. The fraction of sp³-hybridized carbons (Fsp3) is 1.00. The molecule has 1 aliphatic carbocycles. The van der Waals surface area contributed by atoms with Crippen LogP contribution in [0.5, 0.6) is 0 Å². The molecule has 1 saturated heterocycles. The average Bonchev–Trinajstić information content (AvgIpc) is 2.48. The highest BCUT2D eigenvalue weighted by atomic mass is 15.1. The fourth-order valence-electron chi connectivity index (χ4n) is 4.81. The van der Waals surface area contributed by atoms with E-state index in [0.29, 0.717) is 10.8 Å². The van der Waals surface area contributed by atoms with Crippen LogP contribution in [0.4, 0.5) is 0 Å². The number of hydrogen-bond acceptors (Lipinski definition) is 2. The van der Waals surface area contributed by atoms with Crippen molar-refractivity contribution in [3.8, 4) is 0 Å². The van der Waals surface area contributed by atoms with E-state index in [4.69, 9.17) is 0 Å². The summed E-state index contributed by atoms with van der Waals surface area (Å²) in [6.45, 7) is 13.7. The summed E-state index contributed by atoms with van der Waals surface area (Å²) in [4.78, 5) is 2.76. The maximum absolute atomic E-state index is 3.59. The van der Waals surface area contributed by atoms with Crippen LogP contribution in [0.1, 0.15) is 72.6 Å². The molecule has 0 spiro atoms. The van der Waals surface area contributed by atoms with Crippen LogP contribution < -0.4 is 5.32 Å². The Balaban J connectivity index is 1.89. The molecule has 0 aromatic heterocycles. The van der Waals surface area contributed by atoms with Crippen molar-refractivity contribution in [2.45, 2.75) is 78.7 Å². The molecule has 2 unspecified atom stereocenters. The van der Waals surface area contributed by atoms with E-state index in [1.807, 2.05) is 0 Å². The zero-order valence-corrected chi connectivity index (χ0v) is 15.2. The predicted molar refractivity (Wildman–Crippen MR) is 92.7 cm³/mol. The van der Waals surface area contributed by atoms with E-state index in [1.165, 1.54) is 64.6 Å². The Hall–Kier alpha value is -0.0800. The maximum Gasteiger partial charge on any atom is 0.0105 e. The van der Waals surface area contributed by atoms with Gasteiger partial charge in [0.1, 0.15) is 0 Å². The molecule has 0 aromatic rings. The molecule has 0 amide bonds. The van der Waals surface area contributed by atoms with Gasteiger partial charge in [-0.05, 0) is 69.0 Å². The van der Waals surface area contributed by atoms with Crippen LogP contribution in [0.15, 0.2) is 0 Å². The van der Waals surface area contributed by atoms with E-state index in [-0.39, 0.29) is 0 Å². The van der Waals surface area contributed by atoms with Crippen LogP contribution in [-0.2, 0) is 0 Å². The molecule has 0 bridgehead atoms. The molecule has 2 rings (SSSR count). The van der Waals surface area contributed by atoms with Crippen molar-refractivity contribution in [3.63, 3.8) is 0 Å². The molecule has 2 atom stereocenters. The highest BCUT2D eigenvalue weighted by Gasteiger charge is 2.37. The number of nitrogens with one attached hydrogen (secondary N) is 1. The van der Waals surface area contributed by atoms with E-state index in [1.54, 1.807) is 0 Å². The second kappa shape index (κ2) is 7.00. The lowest BCUT2D eigenvalue weighted by Crippen LogP contribution is -2.49. The first kappa shape index (κ1) is 17.3. The summed E-state index contributed by atoms with van der Waals surface area (Å²) in [5.41, 5.74) is 1.20. The van der Waals surface area contributed by atoms with Gasteiger partial charge in [0.15, 0.2) is 0 Å². The van der Waals surface area contributed by atoms with Crippen LogP contribution in [0.3, 0.4) is 0 Å². The number of piperidine rings is 1. The average molecular weight is 295 g/mol. The van der Waals surface area contributed by atoms with Crippen LogP contribution >= 0.6 is 0 Å². The molecule has 124 valence electrons. The molecule has 0 radical (unpaired) electrons. The van der Waals surface area contributed by atoms with E-state index < -0.39 is 0 Å². The largest absolute Gasteiger partial charge is 0.317 e. The number of rotatable bonds is 5. The summed E-state index contributed by atoms with van der Waals surface area (Å²) in [7, 11) is 2.16. The zero-order chi connectivity index (χ0) is 15.5. The molecule has 1 saturated carbocycles. The standard InChI is InChI=1S/C19H38N2/c1-6-19(7-2)10-12-21(13-11-19)15-16-14-18(3,4)9-8-17(16)20-5/h16-17,20H,6-15H2,1-5H3. The molecule has 2 aliphatic rings. The topological polar surface area (TPSA) is 15.3 Å². The van der Waals surface area contributed by atoms with Gasteiger partial charge in [0.05, 0.1) is 0 Å². The minimum absolute atomic E-state index is 0.546. The Kier molecular flexibility index (Phi) is 5.76. The van der Waals surface area contributed by atoms with Gasteiger partial charge < -0.3 is 10.2 Å². The lowest BCUT2D eigenvalue weighted by atomic mass is 9.69. The summed E-state index contributed by atoms with van der Waals surface area (Å²) in [5.74, 6) is 0.842. The van der Waals surface area contributed by atoms with E-state index in [0.717, 1.165) is 12.0 Å². The number of hydrogen-bond donors (Lipinski definition) is 1. The van der Waals surface area contributed by atoms with Crippen LogP contribution in [-0.4, -0.2) is 37.6 Å². The Bertz CT molecular complexity index is 310. The first-order chi connectivity index (χ1) is 9.93. The van der Waals surface area contributed by atoms with Crippen molar-refractivity contribution in [2.24, 2.45) is 16.7 Å². The zero-order valence-electron chi connectivity index (χ0n) is 15.2. The van der Waals surface area contributed by atoms with Gasteiger partial charge in [-0.2, -0.15) is 0 Å². The second-order valence-corrected chi connectivity index (χ2v) is 8.57. The molecular formula is C19H38N2. The molecule has 21 heavy (non-hydrogen) atoms. The summed E-state index contributed by atoms with van der Waals surface area (Å²) < 4.78 is 0. The minimum Gasteiger partial charge on any atom is -0.317 e. The quantitative estimate of drug-likeness (QED) is 0.813. The number of nitrogens with zero attached hydrogens (tertiary/aromatic N) is 1. The summed E-state index contributed by atoms with van der Waals surface area (Å²) in [6, 6.07) is 0.738. The summed E-state index contributed by atoms with van der Waals surface area (Å²) >= 11 is 0. The third-order valence-corrected chi connectivity index (χ3v) is 6.80. The van der Waals surface area contributed by atoms with Crippen LogP contribution in [0.2, 0.25) is 0 Å². The van der Waals surface area contributed by atoms with E-state index in [2.05, 4.69) is 45.0 Å². The molecule has 2 fully saturated rings. The summed E-state index contributed by atoms with van der Waals surface area (Å²) in [5, 5.41) is 3.59. The van der Waals surface area contributed by atoms with Gasteiger partial charge in [-0.15, -0.1) is 0 Å². The molecule has 2 heteroatoms.